The highest BCUT2D eigenvalue weighted by atomic mass is 127. The number of benzene rings is 1. The van der Waals surface area contributed by atoms with Gasteiger partial charge in [-0.1, -0.05) is 17.7 Å². The van der Waals surface area contributed by atoms with Crippen molar-refractivity contribution in [2.45, 2.75) is 24.7 Å². The van der Waals surface area contributed by atoms with Gasteiger partial charge in [0.15, 0.2) is 0 Å². The number of sulfonamides is 1. The lowest BCUT2D eigenvalue weighted by Gasteiger charge is -2.24. The molecule has 3 nitrogen and oxygen atoms in total. The molecule has 0 bridgehead atoms. The van der Waals surface area contributed by atoms with Crippen LogP contribution in [-0.2, 0) is 10.0 Å². The van der Waals surface area contributed by atoms with E-state index in [-0.39, 0.29) is 0 Å². The van der Waals surface area contributed by atoms with Crippen LogP contribution in [0.2, 0.25) is 0 Å². The van der Waals surface area contributed by atoms with Gasteiger partial charge in [0.2, 0.25) is 0 Å². The highest BCUT2D eigenvalue weighted by molar-refractivity contribution is 14.1. The molecular formula is C12H14INO2S. The maximum atomic E-state index is 12.3. The number of halogens is 1. The number of nitrogens with zero attached hydrogens (tertiary/aromatic N) is 1. The molecule has 1 heterocycles. The van der Waals surface area contributed by atoms with Crippen molar-refractivity contribution in [3.05, 3.63) is 39.6 Å². The smallest absolute Gasteiger partial charge is 0.263 e. The van der Waals surface area contributed by atoms with Crippen LogP contribution in [0.1, 0.15) is 18.4 Å². The Morgan fingerprint density at radius 1 is 1.24 bits per heavy atom. The molecule has 2 rings (SSSR count). The third-order valence-electron chi connectivity index (χ3n) is 2.71. The minimum atomic E-state index is -3.36. The molecule has 0 fully saturated rings. The molecule has 0 saturated carbocycles. The Balaban J connectivity index is 2.36. The Labute approximate surface area is 116 Å². The van der Waals surface area contributed by atoms with E-state index in [1.807, 2.05) is 19.1 Å². The lowest BCUT2D eigenvalue weighted by atomic mass is 10.2. The fraction of sp³-hybridized carbons (Fsp3) is 0.333. The molecule has 0 N–H and O–H groups in total. The molecule has 0 unspecified atom stereocenters. The van der Waals surface area contributed by atoms with E-state index in [9.17, 15) is 8.42 Å². The molecule has 1 aromatic carbocycles. The van der Waals surface area contributed by atoms with E-state index >= 15 is 0 Å². The lowest BCUT2D eigenvalue weighted by Crippen LogP contribution is -2.29. The largest absolute Gasteiger partial charge is 0.273 e. The van der Waals surface area contributed by atoms with Crippen LogP contribution in [0.25, 0.3) is 0 Å². The van der Waals surface area contributed by atoms with Crippen molar-refractivity contribution in [3.8, 4) is 0 Å². The second-order valence-electron chi connectivity index (χ2n) is 4.11. The van der Waals surface area contributed by atoms with Crippen LogP contribution in [0.3, 0.4) is 0 Å². The number of rotatable bonds is 2. The molecule has 0 aliphatic carbocycles. The number of allylic oxidation sites excluding steroid dienone is 1. The molecule has 0 amide bonds. The van der Waals surface area contributed by atoms with Gasteiger partial charge in [0.25, 0.3) is 10.0 Å². The van der Waals surface area contributed by atoms with Gasteiger partial charge in [-0.15, -0.1) is 0 Å². The first-order chi connectivity index (χ1) is 8.00. The Hall–Kier alpha value is -0.560. The lowest BCUT2D eigenvalue weighted by molar-refractivity contribution is 0.475. The van der Waals surface area contributed by atoms with E-state index in [4.69, 9.17) is 0 Å². The molecule has 0 radical (unpaired) electrons. The minimum Gasteiger partial charge on any atom is -0.273 e. The van der Waals surface area contributed by atoms with Gasteiger partial charge >= 0.3 is 0 Å². The zero-order valence-electron chi connectivity index (χ0n) is 9.56. The van der Waals surface area contributed by atoms with Gasteiger partial charge < -0.3 is 0 Å². The molecule has 1 aromatic rings. The van der Waals surface area contributed by atoms with Crippen molar-refractivity contribution in [3.63, 3.8) is 0 Å². The van der Waals surface area contributed by atoms with Crippen LogP contribution in [0, 0.1) is 6.92 Å². The van der Waals surface area contributed by atoms with Gasteiger partial charge in [-0.3, -0.25) is 4.31 Å². The van der Waals surface area contributed by atoms with Crippen LogP contribution in [-0.4, -0.2) is 19.3 Å². The Morgan fingerprint density at radius 3 is 2.47 bits per heavy atom. The molecule has 0 spiro atoms. The first-order valence-corrected chi connectivity index (χ1v) is 7.97. The van der Waals surface area contributed by atoms with Gasteiger partial charge in [0, 0.05) is 16.3 Å². The highest BCUT2D eigenvalue weighted by Crippen LogP contribution is 2.25. The maximum absolute atomic E-state index is 12.3. The van der Waals surface area contributed by atoms with Crippen molar-refractivity contribution in [1.29, 1.82) is 0 Å². The van der Waals surface area contributed by atoms with Crippen LogP contribution < -0.4 is 0 Å². The zero-order valence-corrected chi connectivity index (χ0v) is 12.5. The molecule has 5 heteroatoms. The van der Waals surface area contributed by atoms with E-state index in [1.165, 1.54) is 4.31 Å². The summed E-state index contributed by atoms with van der Waals surface area (Å²) >= 11 is 2.19. The van der Waals surface area contributed by atoms with Crippen molar-refractivity contribution < 1.29 is 8.42 Å². The Bertz CT molecular complexity index is 534. The molecule has 0 aromatic heterocycles. The topological polar surface area (TPSA) is 37.4 Å². The van der Waals surface area contributed by atoms with Gasteiger partial charge in [0.1, 0.15) is 0 Å². The third kappa shape index (κ3) is 2.82. The zero-order chi connectivity index (χ0) is 12.5. The summed E-state index contributed by atoms with van der Waals surface area (Å²) in [5, 5.41) is 0. The predicted molar refractivity (Wildman–Crippen MR) is 76.4 cm³/mol. The molecule has 1 aliphatic rings. The van der Waals surface area contributed by atoms with Crippen LogP contribution in [0.5, 0.6) is 0 Å². The average Bonchev–Trinajstić information content (AvgIpc) is 2.29. The molecule has 92 valence electrons. The van der Waals surface area contributed by atoms with Crippen LogP contribution in [0.4, 0.5) is 0 Å². The number of hydrogen-bond acceptors (Lipinski definition) is 2. The first-order valence-electron chi connectivity index (χ1n) is 5.45. The highest BCUT2D eigenvalue weighted by Gasteiger charge is 2.23. The summed E-state index contributed by atoms with van der Waals surface area (Å²) in [6, 6.07) is 6.98. The predicted octanol–water partition coefficient (Wildman–Crippen LogP) is 3.06. The monoisotopic (exact) mass is 363 g/mol. The summed E-state index contributed by atoms with van der Waals surface area (Å²) in [5.41, 5.74) is 1.06. The maximum Gasteiger partial charge on any atom is 0.263 e. The van der Waals surface area contributed by atoms with Crippen LogP contribution in [0.15, 0.2) is 38.9 Å². The Kier molecular flexibility index (Phi) is 3.77. The van der Waals surface area contributed by atoms with E-state index in [0.717, 1.165) is 22.0 Å². The molecule has 0 saturated heterocycles. The summed E-state index contributed by atoms with van der Waals surface area (Å²) in [6.45, 7) is 2.52. The van der Waals surface area contributed by atoms with E-state index < -0.39 is 10.0 Å². The molecule has 0 atom stereocenters. The standard InChI is InChI=1S/C12H14INO2S/c1-10-4-6-12(7-5-10)17(15,16)14-8-2-3-11(13)9-14/h4-7,9H,2-3,8H2,1H3. The van der Waals surface area contributed by atoms with Crippen molar-refractivity contribution >= 4 is 32.6 Å². The summed E-state index contributed by atoms with van der Waals surface area (Å²) < 4.78 is 27.2. The molecular weight excluding hydrogens is 349 g/mol. The molecule has 17 heavy (non-hydrogen) atoms. The second kappa shape index (κ2) is 4.97. The van der Waals surface area contributed by atoms with Crippen molar-refractivity contribution in [1.82, 2.24) is 4.31 Å². The van der Waals surface area contributed by atoms with E-state index in [0.29, 0.717) is 11.4 Å². The van der Waals surface area contributed by atoms with Crippen molar-refractivity contribution in [2.24, 2.45) is 0 Å². The summed E-state index contributed by atoms with van der Waals surface area (Å²) in [7, 11) is -3.36. The number of hydrogen-bond donors (Lipinski definition) is 0. The molecule has 1 aliphatic heterocycles. The third-order valence-corrected chi connectivity index (χ3v) is 5.30. The van der Waals surface area contributed by atoms with Gasteiger partial charge in [0.05, 0.1) is 4.90 Å². The van der Waals surface area contributed by atoms with Gasteiger partial charge in [-0.2, -0.15) is 0 Å². The second-order valence-corrected chi connectivity index (χ2v) is 7.38. The SMILES string of the molecule is Cc1ccc(S(=O)(=O)N2C=C(I)CCC2)cc1. The Morgan fingerprint density at radius 2 is 1.88 bits per heavy atom. The van der Waals surface area contributed by atoms with Crippen molar-refractivity contribution in [2.75, 3.05) is 6.54 Å². The fourth-order valence-electron chi connectivity index (χ4n) is 1.72. The van der Waals surface area contributed by atoms with Gasteiger partial charge in [-0.25, -0.2) is 8.42 Å². The quantitative estimate of drug-likeness (QED) is 0.758. The summed E-state index contributed by atoms with van der Waals surface area (Å²) in [6.07, 6.45) is 3.60. The average molecular weight is 363 g/mol. The minimum absolute atomic E-state index is 0.366. The fourth-order valence-corrected chi connectivity index (χ4v) is 4.02. The summed E-state index contributed by atoms with van der Waals surface area (Å²) in [5.74, 6) is 0. The van der Waals surface area contributed by atoms with Gasteiger partial charge in [-0.05, 0) is 54.5 Å². The normalized spacial score (nSPS) is 16.8. The van der Waals surface area contributed by atoms with E-state index in [1.54, 1.807) is 18.3 Å². The number of aryl methyl sites for hydroxylation is 1. The van der Waals surface area contributed by atoms with E-state index in [2.05, 4.69) is 22.6 Å². The van der Waals surface area contributed by atoms with Crippen LogP contribution >= 0.6 is 22.6 Å². The summed E-state index contributed by atoms with van der Waals surface area (Å²) in [4.78, 5) is 0.366. The first kappa shape index (κ1) is 12.9.